The van der Waals surface area contributed by atoms with Gasteiger partial charge in [-0.3, -0.25) is 0 Å². The van der Waals surface area contributed by atoms with E-state index in [1.54, 1.807) is 6.26 Å². The standard InChI is InChI=1S/C23H28N4O2.HI/c1-3-24-23(26-15-21(28)13-18-7-5-4-6-8-18)25-14-20-16-29-22(27-20)19-11-9-17(2)10-12-19;/h4-12,16,21,28H,3,13-15H2,1-2H3,(H2,24,25,26);1H. The normalized spacial score (nSPS) is 12.2. The second-order valence-corrected chi connectivity index (χ2v) is 6.93. The Kier molecular flexibility index (Phi) is 9.82. The Labute approximate surface area is 194 Å². The third kappa shape index (κ3) is 7.46. The fourth-order valence-electron chi connectivity index (χ4n) is 2.88. The molecule has 0 saturated heterocycles. The number of nitrogens with zero attached hydrogens (tertiary/aromatic N) is 2. The first kappa shape index (κ1) is 23.9. The number of aliphatic hydroxyl groups is 1. The zero-order valence-electron chi connectivity index (χ0n) is 17.3. The zero-order valence-corrected chi connectivity index (χ0v) is 19.7. The molecule has 3 rings (SSSR count). The van der Waals surface area contributed by atoms with E-state index in [1.807, 2.05) is 68.4 Å². The number of aliphatic hydroxyl groups excluding tert-OH is 1. The number of oxazole rings is 1. The number of benzene rings is 2. The lowest BCUT2D eigenvalue weighted by molar-refractivity contribution is 0.177. The van der Waals surface area contributed by atoms with Crippen molar-refractivity contribution < 1.29 is 9.52 Å². The lowest BCUT2D eigenvalue weighted by atomic mass is 10.1. The summed E-state index contributed by atoms with van der Waals surface area (Å²) >= 11 is 0. The predicted octanol–water partition coefficient (Wildman–Crippen LogP) is 3.93. The number of hydrogen-bond acceptors (Lipinski definition) is 4. The maximum atomic E-state index is 10.3. The maximum absolute atomic E-state index is 10.3. The zero-order chi connectivity index (χ0) is 20.5. The third-order valence-corrected chi connectivity index (χ3v) is 4.41. The first-order valence-electron chi connectivity index (χ1n) is 9.89. The van der Waals surface area contributed by atoms with Gasteiger partial charge in [0.05, 0.1) is 12.6 Å². The van der Waals surface area contributed by atoms with Crippen molar-refractivity contribution in [1.82, 2.24) is 15.6 Å². The van der Waals surface area contributed by atoms with Gasteiger partial charge in [0, 0.05) is 25.1 Å². The van der Waals surface area contributed by atoms with Crippen molar-refractivity contribution in [3.63, 3.8) is 0 Å². The minimum absolute atomic E-state index is 0. The van der Waals surface area contributed by atoms with Crippen LogP contribution in [0.1, 0.15) is 23.7 Å². The summed E-state index contributed by atoms with van der Waals surface area (Å²) in [7, 11) is 0. The van der Waals surface area contributed by atoms with Crippen LogP contribution >= 0.6 is 24.0 Å². The second-order valence-electron chi connectivity index (χ2n) is 6.93. The molecule has 6 nitrogen and oxygen atoms in total. The van der Waals surface area contributed by atoms with Crippen molar-refractivity contribution in [3.05, 3.63) is 77.7 Å². The highest BCUT2D eigenvalue weighted by atomic mass is 127. The number of guanidine groups is 1. The van der Waals surface area contributed by atoms with Crippen LogP contribution in [0.5, 0.6) is 0 Å². The lowest BCUT2D eigenvalue weighted by Crippen LogP contribution is -2.41. The number of halogens is 1. The molecule has 0 bridgehead atoms. The summed E-state index contributed by atoms with van der Waals surface area (Å²) in [6.07, 6.45) is 1.73. The van der Waals surface area contributed by atoms with Gasteiger partial charge in [-0.05, 0) is 31.5 Å². The molecular formula is C23H29IN4O2. The molecule has 1 atom stereocenters. The highest BCUT2D eigenvalue weighted by Crippen LogP contribution is 2.19. The van der Waals surface area contributed by atoms with Gasteiger partial charge >= 0.3 is 0 Å². The van der Waals surface area contributed by atoms with Crippen LogP contribution in [0.2, 0.25) is 0 Å². The smallest absolute Gasteiger partial charge is 0.226 e. The van der Waals surface area contributed by atoms with Gasteiger partial charge in [0.2, 0.25) is 5.89 Å². The van der Waals surface area contributed by atoms with E-state index in [4.69, 9.17) is 4.42 Å². The Morgan fingerprint density at radius 2 is 1.83 bits per heavy atom. The molecule has 160 valence electrons. The van der Waals surface area contributed by atoms with Crippen LogP contribution in [0, 0.1) is 6.92 Å². The molecule has 0 aliphatic carbocycles. The molecule has 3 aromatic rings. The molecule has 0 aliphatic rings. The molecule has 30 heavy (non-hydrogen) atoms. The van der Waals surface area contributed by atoms with Gasteiger partial charge < -0.3 is 20.2 Å². The molecule has 0 amide bonds. The van der Waals surface area contributed by atoms with Gasteiger partial charge in [0.1, 0.15) is 12.0 Å². The SMILES string of the molecule is CCNC(=NCc1coc(-c2ccc(C)cc2)n1)NCC(O)Cc1ccccc1.I. The van der Waals surface area contributed by atoms with Gasteiger partial charge in [-0.25, -0.2) is 9.98 Å². The first-order chi connectivity index (χ1) is 14.1. The van der Waals surface area contributed by atoms with E-state index in [9.17, 15) is 5.11 Å². The molecule has 7 heteroatoms. The van der Waals surface area contributed by atoms with E-state index in [2.05, 4.69) is 20.6 Å². The van der Waals surface area contributed by atoms with Crippen molar-refractivity contribution in [2.24, 2.45) is 4.99 Å². The van der Waals surface area contributed by atoms with E-state index >= 15 is 0 Å². The number of rotatable bonds is 8. The van der Waals surface area contributed by atoms with Gasteiger partial charge in [-0.2, -0.15) is 0 Å². The summed E-state index contributed by atoms with van der Waals surface area (Å²) in [4.78, 5) is 9.06. The van der Waals surface area contributed by atoms with Crippen LogP contribution in [0.15, 0.2) is 70.3 Å². The molecule has 0 saturated carbocycles. The molecule has 1 aromatic heterocycles. The van der Waals surface area contributed by atoms with Crippen LogP contribution in [-0.2, 0) is 13.0 Å². The van der Waals surface area contributed by atoms with Crippen molar-refractivity contribution in [1.29, 1.82) is 0 Å². The Morgan fingerprint density at radius 1 is 1.10 bits per heavy atom. The topological polar surface area (TPSA) is 82.7 Å². The highest BCUT2D eigenvalue weighted by Gasteiger charge is 2.09. The third-order valence-electron chi connectivity index (χ3n) is 4.41. The Morgan fingerprint density at radius 3 is 2.53 bits per heavy atom. The van der Waals surface area contributed by atoms with Crippen LogP contribution < -0.4 is 10.6 Å². The number of hydrogen-bond donors (Lipinski definition) is 3. The highest BCUT2D eigenvalue weighted by molar-refractivity contribution is 14.0. The van der Waals surface area contributed by atoms with Gasteiger partial charge in [-0.15, -0.1) is 24.0 Å². The van der Waals surface area contributed by atoms with Crippen LogP contribution in [0.3, 0.4) is 0 Å². The predicted molar refractivity (Wildman–Crippen MR) is 131 cm³/mol. The van der Waals surface area contributed by atoms with E-state index < -0.39 is 6.10 Å². The van der Waals surface area contributed by atoms with Crippen molar-refractivity contribution in [2.75, 3.05) is 13.1 Å². The summed E-state index contributed by atoms with van der Waals surface area (Å²) < 4.78 is 5.59. The lowest BCUT2D eigenvalue weighted by Gasteiger charge is -2.15. The Bertz CT molecular complexity index is 910. The molecule has 2 aromatic carbocycles. The summed E-state index contributed by atoms with van der Waals surface area (Å²) in [6.45, 7) is 5.58. The molecule has 1 heterocycles. The van der Waals surface area contributed by atoms with Gasteiger partial charge in [-0.1, -0.05) is 48.0 Å². The monoisotopic (exact) mass is 520 g/mol. The number of nitrogens with one attached hydrogen (secondary N) is 2. The molecule has 0 spiro atoms. The van der Waals surface area contributed by atoms with Crippen LogP contribution in [0.4, 0.5) is 0 Å². The first-order valence-corrected chi connectivity index (χ1v) is 9.89. The van der Waals surface area contributed by atoms with Crippen LogP contribution in [0.25, 0.3) is 11.5 Å². The second kappa shape index (κ2) is 12.3. The fraction of sp³-hybridized carbons (Fsp3) is 0.304. The molecule has 3 N–H and O–H groups in total. The molecule has 0 fully saturated rings. The molecular weight excluding hydrogens is 491 g/mol. The van der Waals surface area contributed by atoms with E-state index in [-0.39, 0.29) is 24.0 Å². The minimum atomic E-state index is -0.499. The van der Waals surface area contributed by atoms with Crippen molar-refractivity contribution >= 4 is 29.9 Å². The average Bonchev–Trinajstić information content (AvgIpc) is 3.20. The largest absolute Gasteiger partial charge is 0.444 e. The van der Waals surface area contributed by atoms with Crippen LogP contribution in [-0.4, -0.2) is 35.2 Å². The van der Waals surface area contributed by atoms with E-state index in [1.165, 1.54) is 5.56 Å². The number of aromatic nitrogens is 1. The maximum Gasteiger partial charge on any atom is 0.226 e. The van der Waals surface area contributed by atoms with E-state index in [0.29, 0.717) is 31.4 Å². The number of aryl methyl sites for hydroxylation is 1. The molecule has 0 aliphatic heterocycles. The van der Waals surface area contributed by atoms with Crippen molar-refractivity contribution in [3.8, 4) is 11.5 Å². The quantitative estimate of drug-likeness (QED) is 0.238. The summed E-state index contributed by atoms with van der Waals surface area (Å²) in [5.41, 5.74) is 4.00. The van der Waals surface area contributed by atoms with E-state index in [0.717, 1.165) is 23.4 Å². The van der Waals surface area contributed by atoms with Gasteiger partial charge in [0.25, 0.3) is 0 Å². The number of aliphatic imine (C=N–C) groups is 1. The Hall–Kier alpha value is -2.39. The minimum Gasteiger partial charge on any atom is -0.444 e. The van der Waals surface area contributed by atoms with Gasteiger partial charge in [0.15, 0.2) is 5.96 Å². The summed E-state index contributed by atoms with van der Waals surface area (Å²) in [6, 6.07) is 18.0. The fourth-order valence-corrected chi connectivity index (χ4v) is 2.88. The average molecular weight is 520 g/mol. The Balaban J connectivity index is 0.00000320. The molecule has 1 unspecified atom stereocenters. The summed E-state index contributed by atoms with van der Waals surface area (Å²) in [5.74, 6) is 1.23. The molecule has 0 radical (unpaired) electrons. The summed E-state index contributed by atoms with van der Waals surface area (Å²) in [5, 5.41) is 16.7. The van der Waals surface area contributed by atoms with Crippen molar-refractivity contribution in [2.45, 2.75) is 32.9 Å².